The summed E-state index contributed by atoms with van der Waals surface area (Å²) >= 11 is 17.4. The maximum Gasteiger partial charge on any atom is 0.237 e. The topological polar surface area (TPSA) is 24.4 Å². The summed E-state index contributed by atoms with van der Waals surface area (Å²) in [6, 6.07) is 11.5. The standard InChI is InChI=1S/C17H16Cl2FN3S/c1-23(2,3)16(11-8-12(18)10-13(19)9-11)22-17(24)21-15-7-5-4-6-14(15)20/h4-10H,1-3H3/p+1/b22-16+. The Morgan fingerprint density at radius 2 is 1.67 bits per heavy atom. The molecule has 0 unspecified atom stereocenters. The van der Waals surface area contributed by atoms with E-state index >= 15 is 0 Å². The number of benzene rings is 2. The zero-order chi connectivity index (χ0) is 17.9. The molecular weight excluding hydrogens is 368 g/mol. The van der Waals surface area contributed by atoms with Crippen molar-refractivity contribution in [3.8, 4) is 0 Å². The molecule has 3 nitrogen and oxygen atoms in total. The second-order valence-corrected chi connectivity index (χ2v) is 7.28. The van der Waals surface area contributed by atoms with Crippen LogP contribution in [0.3, 0.4) is 0 Å². The molecule has 126 valence electrons. The van der Waals surface area contributed by atoms with Gasteiger partial charge in [-0.2, -0.15) is 4.99 Å². The maximum atomic E-state index is 13.7. The summed E-state index contributed by atoms with van der Waals surface area (Å²) in [6.07, 6.45) is 0. The highest BCUT2D eigenvalue weighted by Gasteiger charge is 2.22. The minimum Gasteiger partial charge on any atom is -0.328 e. The van der Waals surface area contributed by atoms with Gasteiger partial charge >= 0.3 is 0 Å². The number of halogens is 3. The number of nitrogens with zero attached hydrogens (tertiary/aromatic N) is 2. The number of rotatable bonds is 2. The van der Waals surface area contributed by atoms with Crippen LogP contribution in [0, 0.1) is 5.82 Å². The van der Waals surface area contributed by atoms with Gasteiger partial charge in [-0.25, -0.2) is 4.39 Å². The number of anilines is 1. The van der Waals surface area contributed by atoms with Crippen molar-refractivity contribution in [2.24, 2.45) is 4.99 Å². The van der Waals surface area contributed by atoms with E-state index in [1.165, 1.54) is 6.07 Å². The Labute approximate surface area is 156 Å². The lowest BCUT2D eigenvalue weighted by molar-refractivity contribution is -0.775. The quantitative estimate of drug-likeness (QED) is 0.341. The molecule has 0 aliphatic rings. The first-order chi connectivity index (χ1) is 11.2. The Kier molecular flexibility index (Phi) is 5.93. The maximum absolute atomic E-state index is 13.7. The van der Waals surface area contributed by atoms with Crippen LogP contribution in [0.5, 0.6) is 0 Å². The fraction of sp³-hybridized carbons (Fsp3) is 0.176. The molecule has 2 aromatic rings. The highest BCUT2D eigenvalue weighted by atomic mass is 35.5. The molecule has 1 N–H and O–H groups in total. The molecule has 2 aromatic carbocycles. The number of amidine groups is 1. The third-order valence-electron chi connectivity index (χ3n) is 3.08. The molecule has 0 aliphatic carbocycles. The Bertz CT molecular complexity index is 780. The highest BCUT2D eigenvalue weighted by Crippen LogP contribution is 2.22. The summed E-state index contributed by atoms with van der Waals surface area (Å²) in [4.78, 5) is 4.46. The Morgan fingerprint density at radius 3 is 2.21 bits per heavy atom. The molecule has 2 rings (SSSR count). The van der Waals surface area contributed by atoms with Gasteiger partial charge in [-0.05, 0) is 42.5 Å². The molecule has 0 aromatic heterocycles. The van der Waals surface area contributed by atoms with Crippen molar-refractivity contribution in [2.45, 2.75) is 0 Å². The summed E-state index contributed by atoms with van der Waals surface area (Å²) < 4.78 is 14.1. The van der Waals surface area contributed by atoms with Crippen molar-refractivity contribution in [2.75, 3.05) is 26.5 Å². The number of aliphatic imine (C=N–C) groups is 1. The van der Waals surface area contributed by atoms with E-state index < -0.39 is 5.82 Å². The summed E-state index contributed by atoms with van der Waals surface area (Å²) in [5.41, 5.74) is 1.02. The molecule has 0 aliphatic heterocycles. The second kappa shape index (κ2) is 7.57. The number of quaternary nitrogens is 1. The number of thiocarbonyl (C=S) groups is 1. The second-order valence-electron chi connectivity index (χ2n) is 6.02. The average molecular weight is 385 g/mol. The first-order valence-electron chi connectivity index (χ1n) is 7.09. The van der Waals surface area contributed by atoms with E-state index in [1.54, 1.807) is 36.4 Å². The normalized spacial score (nSPS) is 12.2. The molecule has 0 atom stereocenters. The SMILES string of the molecule is C[N+](C)(C)/C(=N/C(=S)Nc1ccccc1F)c1cc(Cl)cc(Cl)c1. The van der Waals surface area contributed by atoms with Gasteiger partial charge in [0, 0.05) is 10.0 Å². The molecule has 0 radical (unpaired) electrons. The van der Waals surface area contributed by atoms with Crippen LogP contribution < -0.4 is 5.32 Å². The molecule has 0 saturated heterocycles. The lowest BCUT2D eigenvalue weighted by Gasteiger charge is -2.25. The first kappa shape index (κ1) is 18.8. The molecular formula is C17H17Cl2FN3S+. The average Bonchev–Trinajstić information content (AvgIpc) is 2.45. The molecule has 7 heteroatoms. The summed E-state index contributed by atoms with van der Waals surface area (Å²) in [7, 11) is 5.83. The first-order valence-corrected chi connectivity index (χ1v) is 8.26. The van der Waals surface area contributed by atoms with Gasteiger partial charge in [-0.15, -0.1) is 0 Å². The van der Waals surface area contributed by atoms with Gasteiger partial charge in [0.1, 0.15) is 5.82 Å². The summed E-state index contributed by atoms with van der Waals surface area (Å²) in [6.45, 7) is 0. The van der Waals surface area contributed by atoms with Crippen molar-refractivity contribution in [3.05, 3.63) is 63.9 Å². The van der Waals surface area contributed by atoms with Crippen LogP contribution in [-0.2, 0) is 0 Å². The van der Waals surface area contributed by atoms with Crippen molar-refractivity contribution >= 4 is 52.1 Å². The molecule has 0 heterocycles. The van der Waals surface area contributed by atoms with E-state index in [4.69, 9.17) is 35.4 Å². The van der Waals surface area contributed by atoms with Crippen LogP contribution >= 0.6 is 35.4 Å². The minimum absolute atomic E-state index is 0.152. The van der Waals surface area contributed by atoms with Gasteiger partial charge in [-0.1, -0.05) is 35.3 Å². The Balaban J connectivity index is 2.39. The van der Waals surface area contributed by atoms with Gasteiger partial charge in [0.05, 0.1) is 32.4 Å². The lowest BCUT2D eigenvalue weighted by atomic mass is 10.2. The lowest BCUT2D eigenvalue weighted by Crippen LogP contribution is -2.42. The molecule has 24 heavy (non-hydrogen) atoms. The number of hydrogen-bond acceptors (Lipinski definition) is 1. The fourth-order valence-corrected chi connectivity index (χ4v) is 2.81. The molecule has 0 bridgehead atoms. The molecule has 0 amide bonds. The van der Waals surface area contributed by atoms with Crippen LogP contribution in [0.1, 0.15) is 5.56 Å². The monoisotopic (exact) mass is 384 g/mol. The van der Waals surface area contributed by atoms with Crippen molar-refractivity contribution in [1.82, 2.24) is 0 Å². The van der Waals surface area contributed by atoms with Crippen LogP contribution in [0.4, 0.5) is 10.1 Å². The third kappa shape index (κ3) is 4.98. The summed E-state index contributed by atoms with van der Waals surface area (Å²) in [5, 5.41) is 3.97. The zero-order valence-electron chi connectivity index (χ0n) is 13.5. The summed E-state index contributed by atoms with van der Waals surface area (Å²) in [5.74, 6) is 0.251. The van der Waals surface area contributed by atoms with Gasteiger partial charge < -0.3 is 5.32 Å². The van der Waals surface area contributed by atoms with Gasteiger partial charge in [-0.3, -0.25) is 4.48 Å². The van der Waals surface area contributed by atoms with E-state index in [1.807, 2.05) is 21.1 Å². The number of hydrogen-bond donors (Lipinski definition) is 1. The van der Waals surface area contributed by atoms with E-state index in [0.717, 1.165) is 5.56 Å². The van der Waals surface area contributed by atoms with Gasteiger partial charge in [0.15, 0.2) is 0 Å². The van der Waals surface area contributed by atoms with Crippen LogP contribution in [0.15, 0.2) is 47.5 Å². The fourth-order valence-electron chi connectivity index (χ4n) is 2.09. The van der Waals surface area contributed by atoms with Crippen molar-refractivity contribution in [3.63, 3.8) is 0 Å². The van der Waals surface area contributed by atoms with Crippen LogP contribution in [0.25, 0.3) is 0 Å². The van der Waals surface area contributed by atoms with Crippen LogP contribution in [0.2, 0.25) is 10.0 Å². The Hall–Kier alpha value is -1.53. The Morgan fingerprint density at radius 1 is 1.08 bits per heavy atom. The minimum atomic E-state index is -0.396. The predicted molar refractivity (Wildman–Crippen MR) is 104 cm³/mol. The predicted octanol–water partition coefficient (Wildman–Crippen LogP) is 4.98. The van der Waals surface area contributed by atoms with Crippen LogP contribution in [-0.4, -0.2) is 36.6 Å². The van der Waals surface area contributed by atoms with Gasteiger partial charge in [0.25, 0.3) is 0 Å². The number of nitrogens with one attached hydrogen (secondary N) is 1. The zero-order valence-corrected chi connectivity index (χ0v) is 15.8. The molecule has 0 saturated carbocycles. The van der Waals surface area contributed by atoms with Gasteiger partial charge in [0.2, 0.25) is 10.9 Å². The third-order valence-corrected chi connectivity index (χ3v) is 3.71. The molecule has 0 spiro atoms. The van der Waals surface area contributed by atoms with E-state index in [9.17, 15) is 4.39 Å². The largest absolute Gasteiger partial charge is 0.328 e. The van der Waals surface area contributed by atoms with E-state index in [0.29, 0.717) is 20.4 Å². The van der Waals surface area contributed by atoms with E-state index in [2.05, 4.69) is 10.3 Å². The highest BCUT2D eigenvalue weighted by molar-refractivity contribution is 7.80. The molecule has 0 fully saturated rings. The van der Waals surface area contributed by atoms with E-state index in [-0.39, 0.29) is 10.8 Å². The van der Waals surface area contributed by atoms with Crippen molar-refractivity contribution < 1.29 is 8.87 Å². The number of para-hydroxylation sites is 1. The van der Waals surface area contributed by atoms with Crippen molar-refractivity contribution in [1.29, 1.82) is 0 Å². The smallest absolute Gasteiger partial charge is 0.237 e.